The number of ether oxygens (including phenoxy) is 2. The molecule has 3 unspecified atom stereocenters. The molecule has 0 radical (unpaired) electrons. The number of hydrogen-bond acceptors (Lipinski definition) is 7. The van der Waals surface area contributed by atoms with Crippen molar-refractivity contribution in [2.45, 2.75) is 44.5 Å². The van der Waals surface area contributed by atoms with Crippen LogP contribution in [-0.2, 0) is 18.8 Å². The van der Waals surface area contributed by atoms with E-state index in [1.54, 1.807) is 18.7 Å². The zero-order valence-corrected chi connectivity index (χ0v) is 16.5. The Labute approximate surface area is 158 Å². The summed E-state index contributed by atoms with van der Waals surface area (Å²) in [5, 5.41) is 4.85. The summed E-state index contributed by atoms with van der Waals surface area (Å²) in [6.45, 7) is 2.03. The fraction of sp³-hybridized carbons (Fsp3) is 0.688. The maximum absolute atomic E-state index is 12.9. The van der Waals surface area contributed by atoms with Gasteiger partial charge in [-0.2, -0.15) is 0 Å². The zero-order chi connectivity index (χ0) is 18.3. The van der Waals surface area contributed by atoms with Crippen LogP contribution < -0.4 is 10.9 Å². The van der Waals surface area contributed by atoms with Crippen LogP contribution in [0.2, 0.25) is 0 Å². The number of nitrogens with two attached hydrogens (primary N) is 1. The second-order valence-electron chi connectivity index (χ2n) is 6.77. The van der Waals surface area contributed by atoms with Gasteiger partial charge in [-0.25, -0.2) is 5.01 Å². The molecule has 142 valence electrons. The number of allylic oxidation sites excluding steroid dienone is 2. The molecule has 2 aliphatic carbocycles. The van der Waals surface area contributed by atoms with Gasteiger partial charge in [0.25, 0.3) is 0 Å². The van der Waals surface area contributed by atoms with Gasteiger partial charge in [-0.1, -0.05) is 18.2 Å². The van der Waals surface area contributed by atoms with Gasteiger partial charge in [0.2, 0.25) is 0 Å². The van der Waals surface area contributed by atoms with Gasteiger partial charge in [-0.3, -0.25) is 4.79 Å². The van der Waals surface area contributed by atoms with E-state index in [4.69, 9.17) is 15.2 Å². The predicted molar refractivity (Wildman–Crippen MR) is 98.1 cm³/mol. The molecule has 8 nitrogen and oxygen atoms in total. The minimum absolute atomic E-state index is 0.0822. The molecule has 2 fully saturated rings. The quantitative estimate of drug-likeness (QED) is 0.547. The second-order valence-corrected chi connectivity index (χ2v) is 9.21. The largest absolute Gasteiger partial charge is 0.558 e. The number of esters is 1. The molecule has 0 amide bonds. The van der Waals surface area contributed by atoms with Gasteiger partial charge in [0, 0.05) is 11.6 Å². The second kappa shape index (κ2) is 7.48. The number of hydrazine groups is 1. The van der Waals surface area contributed by atoms with Crippen LogP contribution in [0.3, 0.4) is 0 Å². The molecule has 3 N–H and O–H groups in total. The summed E-state index contributed by atoms with van der Waals surface area (Å²) in [4.78, 5) is 12.9. The van der Waals surface area contributed by atoms with E-state index in [1.165, 1.54) is 23.1 Å². The number of carbonyl (C=O) groups excluding carboxylic acids is 1. The molecule has 1 saturated heterocycles. The highest BCUT2D eigenvalue weighted by atomic mass is 32.2. The first-order chi connectivity index (χ1) is 12.6. The Kier molecular flexibility index (Phi) is 5.25. The Balaban J connectivity index is 1.66. The van der Waals surface area contributed by atoms with Gasteiger partial charge in [0.15, 0.2) is 6.73 Å². The minimum Gasteiger partial charge on any atom is -0.477 e. The minimum atomic E-state index is -2.07. The van der Waals surface area contributed by atoms with Crippen LogP contribution in [0.5, 0.6) is 0 Å². The molecule has 0 spiro atoms. The van der Waals surface area contributed by atoms with Crippen molar-refractivity contribution >= 4 is 25.8 Å². The summed E-state index contributed by atoms with van der Waals surface area (Å²) in [7, 11) is -2.07. The lowest BCUT2D eigenvalue weighted by atomic mass is 9.78. The van der Waals surface area contributed by atoms with Crippen molar-refractivity contribution in [3.05, 3.63) is 21.9 Å². The zero-order valence-electron chi connectivity index (χ0n) is 14.8. The molecule has 10 heteroatoms. The third-order valence-electron chi connectivity index (χ3n) is 5.13. The van der Waals surface area contributed by atoms with Gasteiger partial charge >= 0.3 is 14.1 Å². The maximum Gasteiger partial charge on any atom is 0.558 e. The van der Waals surface area contributed by atoms with Crippen molar-refractivity contribution in [2.75, 3.05) is 19.9 Å². The molecule has 4 bridgehead atoms. The summed E-state index contributed by atoms with van der Waals surface area (Å²) < 4.78 is 25.4. The molecular weight excluding hydrogens is 375 g/mol. The van der Waals surface area contributed by atoms with E-state index in [0.717, 1.165) is 35.6 Å². The Hall–Kier alpha value is -1.12. The van der Waals surface area contributed by atoms with Gasteiger partial charge in [-0.05, 0) is 46.9 Å². The molecule has 2 aliphatic heterocycles. The summed E-state index contributed by atoms with van der Waals surface area (Å²) in [5.41, 5.74) is 8.39. The normalized spacial score (nSPS) is 30.4. The van der Waals surface area contributed by atoms with Crippen molar-refractivity contribution in [1.29, 1.82) is 0 Å². The number of hydrogen-bond donors (Lipinski definition) is 2. The monoisotopic (exact) mass is 399 g/mol. The predicted octanol–water partition coefficient (Wildman–Crippen LogP) is 2.35. The summed E-state index contributed by atoms with van der Waals surface area (Å²) in [5.74, 6) is 0.942. The molecule has 3 atom stereocenters. The van der Waals surface area contributed by atoms with Crippen molar-refractivity contribution in [1.82, 2.24) is 14.9 Å². The van der Waals surface area contributed by atoms with Crippen LogP contribution in [-0.4, -0.2) is 41.0 Å². The van der Waals surface area contributed by atoms with Crippen LogP contribution in [0.1, 0.15) is 39.0 Å². The lowest BCUT2D eigenvalue weighted by molar-refractivity contribution is -0.144. The molecule has 4 rings (SSSR count). The molecule has 26 heavy (non-hydrogen) atoms. The fourth-order valence-corrected chi connectivity index (χ4v) is 6.10. The van der Waals surface area contributed by atoms with Crippen LogP contribution in [0.4, 0.5) is 0 Å². The number of nitrogens with zero attached hydrogens (tertiary/aromatic N) is 2. The van der Waals surface area contributed by atoms with Crippen LogP contribution in [0.15, 0.2) is 21.9 Å². The average molecular weight is 399 g/mol. The molecular formula is C16H24N4O4PS+. The summed E-state index contributed by atoms with van der Waals surface area (Å²) >= 11 is 1.54. The van der Waals surface area contributed by atoms with E-state index in [-0.39, 0.29) is 18.8 Å². The average Bonchev–Trinajstić information content (AvgIpc) is 2.95. The van der Waals surface area contributed by atoms with Gasteiger partial charge < -0.3 is 15.2 Å². The number of carbonyl (C=O) groups is 1. The Morgan fingerprint density at radius 1 is 1.50 bits per heavy atom. The van der Waals surface area contributed by atoms with E-state index >= 15 is 0 Å². The van der Waals surface area contributed by atoms with Gasteiger partial charge in [0.1, 0.15) is 17.8 Å². The molecule has 0 aromatic heterocycles. The topological polar surface area (TPSA) is 97.1 Å². The number of fused-ring (bicyclic) bond motifs is 1. The maximum atomic E-state index is 12.9. The Morgan fingerprint density at radius 2 is 2.35 bits per heavy atom. The van der Waals surface area contributed by atoms with Crippen LogP contribution in [0.25, 0.3) is 0 Å². The van der Waals surface area contributed by atoms with Crippen molar-refractivity contribution in [2.24, 2.45) is 11.7 Å². The highest BCUT2D eigenvalue weighted by molar-refractivity contribution is 8.04. The highest BCUT2D eigenvalue weighted by Gasteiger charge is 2.47. The smallest absolute Gasteiger partial charge is 0.477 e. The SMILES string of the molecule is CCOC(=O)CN1COC2=C3SC(N)N(N[P+]1=O)C3=C1CCCCC1C2. The first kappa shape index (κ1) is 18.3. The molecule has 4 aliphatic rings. The number of nitrogens with one attached hydrogen (secondary N) is 1. The van der Waals surface area contributed by atoms with Crippen LogP contribution in [0, 0.1) is 5.92 Å². The number of thioether (sulfide) groups is 1. The Morgan fingerprint density at radius 3 is 3.15 bits per heavy atom. The van der Waals surface area contributed by atoms with Gasteiger partial charge in [-0.15, -0.1) is 0 Å². The molecule has 1 saturated carbocycles. The van der Waals surface area contributed by atoms with Crippen molar-refractivity contribution in [3.63, 3.8) is 0 Å². The summed E-state index contributed by atoms with van der Waals surface area (Å²) in [6, 6.07) is 0. The lowest BCUT2D eigenvalue weighted by Crippen LogP contribution is -2.43. The van der Waals surface area contributed by atoms with E-state index in [0.29, 0.717) is 12.5 Å². The third-order valence-corrected chi connectivity index (χ3v) is 7.40. The highest BCUT2D eigenvalue weighted by Crippen LogP contribution is 2.53. The Bertz CT molecular complexity index is 698. The summed E-state index contributed by atoms with van der Waals surface area (Å²) in [6.07, 6.45) is 5.44. The first-order valence-electron chi connectivity index (χ1n) is 9.03. The third kappa shape index (κ3) is 3.27. The standard InChI is InChI=1S/C16H24N4O4PS/c1-2-23-13(21)8-19-9-24-12-7-10-5-3-4-6-11(10)14-15(12)26-16(17)20(14)18-25(19)22/h10,16H,2-9,17H2,1H3,(H,18,22)/q+1. The fourth-order valence-electron chi connectivity index (χ4n) is 3.96. The van der Waals surface area contributed by atoms with Crippen molar-refractivity contribution < 1.29 is 18.8 Å². The first-order valence-corrected chi connectivity index (χ1v) is 11.1. The molecule has 0 aromatic carbocycles. The number of rotatable bonds is 3. The van der Waals surface area contributed by atoms with Crippen LogP contribution >= 0.6 is 19.9 Å². The van der Waals surface area contributed by atoms with Crippen molar-refractivity contribution in [3.8, 4) is 0 Å². The van der Waals surface area contributed by atoms with E-state index < -0.39 is 14.1 Å². The molecule has 0 aromatic rings. The van der Waals surface area contributed by atoms with E-state index in [9.17, 15) is 9.36 Å². The van der Waals surface area contributed by atoms with E-state index in [1.807, 2.05) is 5.01 Å². The van der Waals surface area contributed by atoms with Gasteiger partial charge in [0.05, 0.1) is 17.2 Å². The lowest BCUT2D eigenvalue weighted by Gasteiger charge is -2.33. The van der Waals surface area contributed by atoms with E-state index in [2.05, 4.69) is 5.20 Å². The molecule has 2 heterocycles.